The van der Waals surface area contributed by atoms with Gasteiger partial charge in [0.25, 0.3) is 10.0 Å². The smallest absolute Gasteiger partial charge is 0.253 e. The van der Waals surface area contributed by atoms with Crippen LogP contribution in [0.3, 0.4) is 0 Å². The average Bonchev–Trinajstić information content (AvgIpc) is 2.72. The molecule has 19 heavy (non-hydrogen) atoms. The van der Waals surface area contributed by atoms with Crippen LogP contribution in [0.4, 0.5) is 0 Å². The molecule has 0 aromatic carbocycles. The van der Waals surface area contributed by atoms with Gasteiger partial charge in [-0.2, -0.15) is 4.31 Å². The van der Waals surface area contributed by atoms with Crippen LogP contribution in [0, 0.1) is 19.3 Å². The van der Waals surface area contributed by atoms with Crippen molar-refractivity contribution in [2.24, 2.45) is 0 Å². The molecule has 1 rings (SSSR count). The molecule has 4 nitrogen and oxygen atoms in total. The number of hydrogen-bond acceptors (Lipinski definition) is 4. The second kappa shape index (κ2) is 7.06. The first kappa shape index (κ1) is 16.2. The van der Waals surface area contributed by atoms with Gasteiger partial charge in [0, 0.05) is 18.5 Å². The topological polar surface area (TPSA) is 49.4 Å². The fraction of sp³-hybridized carbons (Fsp3) is 0.538. The lowest BCUT2D eigenvalue weighted by atomic mass is 10.3. The lowest BCUT2D eigenvalue weighted by molar-refractivity contribution is 0.505. The Morgan fingerprint density at radius 2 is 2.21 bits per heavy atom. The summed E-state index contributed by atoms with van der Waals surface area (Å²) in [5.74, 6) is 2.35. The molecule has 1 aromatic heterocycles. The Bertz CT molecular complexity index is 556. The zero-order valence-corrected chi connectivity index (χ0v) is 13.2. The van der Waals surface area contributed by atoms with Crippen LogP contribution in [0.5, 0.6) is 0 Å². The van der Waals surface area contributed by atoms with Gasteiger partial charge in [0.2, 0.25) is 0 Å². The van der Waals surface area contributed by atoms with Gasteiger partial charge in [-0.25, -0.2) is 8.42 Å². The van der Waals surface area contributed by atoms with Crippen LogP contribution in [0.1, 0.15) is 23.8 Å². The largest absolute Gasteiger partial charge is 0.312 e. The SMILES string of the molecule is C#CCN(C)S(=O)(=O)c1cc(C)c(CNCCC)s1. The van der Waals surface area contributed by atoms with Crippen molar-refractivity contribution >= 4 is 21.4 Å². The van der Waals surface area contributed by atoms with Crippen molar-refractivity contribution in [3.05, 3.63) is 16.5 Å². The highest BCUT2D eigenvalue weighted by Gasteiger charge is 2.23. The summed E-state index contributed by atoms with van der Waals surface area (Å²) >= 11 is 1.31. The highest BCUT2D eigenvalue weighted by Crippen LogP contribution is 2.27. The highest BCUT2D eigenvalue weighted by atomic mass is 32.2. The van der Waals surface area contributed by atoms with Gasteiger partial charge in [-0.05, 0) is 31.5 Å². The summed E-state index contributed by atoms with van der Waals surface area (Å²) in [7, 11) is -1.95. The first-order chi connectivity index (χ1) is 8.93. The molecule has 0 spiro atoms. The minimum atomic E-state index is -3.45. The lowest BCUT2D eigenvalue weighted by Gasteiger charge is -2.12. The van der Waals surface area contributed by atoms with Gasteiger partial charge in [-0.1, -0.05) is 12.8 Å². The van der Waals surface area contributed by atoms with E-state index in [1.54, 1.807) is 6.07 Å². The van der Waals surface area contributed by atoms with Crippen molar-refractivity contribution in [2.75, 3.05) is 20.1 Å². The summed E-state index contributed by atoms with van der Waals surface area (Å²) in [6.45, 7) is 5.75. The third-order valence-corrected chi connectivity index (χ3v) is 6.18. The van der Waals surface area contributed by atoms with Crippen molar-refractivity contribution in [1.82, 2.24) is 9.62 Å². The van der Waals surface area contributed by atoms with Gasteiger partial charge in [0.1, 0.15) is 4.21 Å². The second-order valence-corrected chi connectivity index (χ2v) is 7.72. The van der Waals surface area contributed by atoms with Crippen LogP contribution in [-0.2, 0) is 16.6 Å². The van der Waals surface area contributed by atoms with Crippen molar-refractivity contribution in [2.45, 2.75) is 31.0 Å². The summed E-state index contributed by atoms with van der Waals surface area (Å²) in [6, 6.07) is 1.72. The Labute approximate surface area is 119 Å². The normalized spacial score (nSPS) is 11.7. The Morgan fingerprint density at radius 3 is 2.79 bits per heavy atom. The van der Waals surface area contributed by atoms with Gasteiger partial charge in [-0.3, -0.25) is 0 Å². The molecule has 1 aromatic rings. The van der Waals surface area contributed by atoms with E-state index >= 15 is 0 Å². The maximum Gasteiger partial charge on any atom is 0.253 e. The monoisotopic (exact) mass is 300 g/mol. The molecule has 0 atom stereocenters. The maximum atomic E-state index is 12.2. The lowest BCUT2D eigenvalue weighted by Crippen LogP contribution is -2.26. The second-order valence-electron chi connectivity index (χ2n) is 4.31. The van der Waals surface area contributed by atoms with E-state index in [2.05, 4.69) is 18.2 Å². The van der Waals surface area contributed by atoms with Crippen LogP contribution in [0.25, 0.3) is 0 Å². The summed E-state index contributed by atoms with van der Waals surface area (Å²) in [6.07, 6.45) is 6.21. The summed E-state index contributed by atoms with van der Waals surface area (Å²) < 4.78 is 26.0. The zero-order valence-electron chi connectivity index (χ0n) is 11.6. The average molecular weight is 300 g/mol. The predicted octanol–water partition coefficient (Wildman–Crippen LogP) is 1.81. The van der Waals surface area contributed by atoms with Crippen LogP contribution < -0.4 is 5.32 Å². The van der Waals surface area contributed by atoms with Gasteiger partial charge in [-0.15, -0.1) is 17.8 Å². The molecular formula is C13H20N2O2S2. The van der Waals surface area contributed by atoms with Gasteiger partial charge in [0.05, 0.1) is 6.54 Å². The zero-order chi connectivity index (χ0) is 14.5. The molecule has 0 radical (unpaired) electrons. The standard InChI is InChI=1S/C13H20N2O2S2/c1-5-7-14-10-12-11(3)9-13(18-12)19(16,17)15(4)8-6-2/h2,9,14H,5,7-8,10H2,1,3-4H3. The molecule has 6 heteroatoms. The van der Waals surface area contributed by atoms with Crippen LogP contribution in [0.15, 0.2) is 10.3 Å². The van der Waals surface area contributed by atoms with Crippen LogP contribution in [-0.4, -0.2) is 32.9 Å². The van der Waals surface area contributed by atoms with E-state index in [1.165, 1.54) is 22.7 Å². The van der Waals surface area contributed by atoms with Crippen molar-refractivity contribution < 1.29 is 8.42 Å². The van der Waals surface area contributed by atoms with Crippen molar-refractivity contribution in [1.29, 1.82) is 0 Å². The predicted molar refractivity (Wildman–Crippen MR) is 79.7 cm³/mol. The van der Waals surface area contributed by atoms with E-state index in [0.29, 0.717) is 10.8 Å². The number of terminal acetylenes is 1. The van der Waals surface area contributed by atoms with Crippen molar-refractivity contribution in [3.63, 3.8) is 0 Å². The van der Waals surface area contributed by atoms with Crippen LogP contribution in [0.2, 0.25) is 0 Å². The number of rotatable bonds is 7. The third kappa shape index (κ3) is 4.05. The molecular weight excluding hydrogens is 280 g/mol. The van der Waals surface area contributed by atoms with Crippen LogP contribution >= 0.6 is 11.3 Å². The van der Waals surface area contributed by atoms with Gasteiger partial charge < -0.3 is 5.32 Å². The maximum absolute atomic E-state index is 12.2. The van der Waals surface area contributed by atoms with E-state index in [1.807, 2.05) is 6.92 Å². The minimum absolute atomic E-state index is 0.0860. The molecule has 0 bridgehead atoms. The Morgan fingerprint density at radius 1 is 1.53 bits per heavy atom. The molecule has 0 fully saturated rings. The number of nitrogens with zero attached hydrogens (tertiary/aromatic N) is 1. The molecule has 0 saturated heterocycles. The summed E-state index contributed by atoms with van der Waals surface area (Å²) in [5.41, 5.74) is 1.00. The molecule has 1 heterocycles. The molecule has 0 aliphatic rings. The number of aryl methyl sites for hydroxylation is 1. The van der Waals surface area contributed by atoms with E-state index in [4.69, 9.17) is 6.42 Å². The molecule has 1 N–H and O–H groups in total. The van der Waals surface area contributed by atoms with Gasteiger partial charge in [0.15, 0.2) is 0 Å². The van der Waals surface area contributed by atoms with E-state index < -0.39 is 10.0 Å². The summed E-state index contributed by atoms with van der Waals surface area (Å²) in [4.78, 5) is 1.06. The molecule has 0 unspecified atom stereocenters. The molecule has 106 valence electrons. The number of hydrogen-bond donors (Lipinski definition) is 1. The first-order valence-corrected chi connectivity index (χ1v) is 8.39. The fourth-order valence-electron chi connectivity index (χ4n) is 1.54. The summed E-state index contributed by atoms with van der Waals surface area (Å²) in [5, 5.41) is 3.28. The molecule has 0 aliphatic heterocycles. The van der Waals surface area contributed by atoms with Crippen molar-refractivity contribution in [3.8, 4) is 12.3 Å². The molecule has 0 amide bonds. The minimum Gasteiger partial charge on any atom is -0.312 e. The molecule has 0 saturated carbocycles. The van der Waals surface area contributed by atoms with E-state index in [9.17, 15) is 8.42 Å². The van der Waals surface area contributed by atoms with E-state index in [-0.39, 0.29) is 6.54 Å². The Hall–Kier alpha value is -0.870. The van der Waals surface area contributed by atoms with E-state index in [0.717, 1.165) is 23.4 Å². The first-order valence-electron chi connectivity index (χ1n) is 6.13. The quantitative estimate of drug-likeness (QED) is 0.617. The van der Waals surface area contributed by atoms with Gasteiger partial charge >= 0.3 is 0 Å². The Kier molecular flexibility index (Phi) is 6.01. The number of nitrogens with one attached hydrogen (secondary N) is 1. The Balaban J connectivity index is 2.91. The fourth-order valence-corrected chi connectivity index (χ4v) is 4.39. The highest BCUT2D eigenvalue weighted by molar-refractivity contribution is 7.91. The number of sulfonamides is 1. The molecule has 0 aliphatic carbocycles. The third-order valence-electron chi connectivity index (χ3n) is 2.69. The number of thiophene rings is 1.